The molecule has 0 N–H and O–H groups in total. The molecule has 0 radical (unpaired) electrons. The van der Waals surface area contributed by atoms with Crippen LogP contribution in [0.15, 0.2) is 97.1 Å². The highest BCUT2D eigenvalue weighted by Crippen LogP contribution is 2.54. The highest BCUT2D eigenvalue weighted by molar-refractivity contribution is 5.91. The van der Waals surface area contributed by atoms with Crippen molar-refractivity contribution >= 4 is 11.9 Å². The number of aryl methyl sites for hydroxylation is 2. The average molecular weight is 559 g/mol. The molecule has 0 heterocycles. The molecule has 4 nitrogen and oxygen atoms in total. The summed E-state index contributed by atoms with van der Waals surface area (Å²) < 4.78 is 12.8. The number of carbonyl (C=O) groups excluding carboxylic acids is 2. The fraction of sp³-hybridized carbons (Fsp3) is 0.316. The van der Waals surface area contributed by atoms with Crippen LogP contribution in [0.5, 0.6) is 0 Å². The maximum absolute atomic E-state index is 13.7. The summed E-state index contributed by atoms with van der Waals surface area (Å²) in [6.07, 6.45) is 4.85. The van der Waals surface area contributed by atoms with Gasteiger partial charge in [-0.15, -0.1) is 0 Å². The van der Waals surface area contributed by atoms with E-state index in [4.69, 9.17) is 9.47 Å². The molecule has 4 heteroatoms. The fourth-order valence-corrected chi connectivity index (χ4v) is 6.70. The number of hydrogen-bond acceptors (Lipinski definition) is 4. The van der Waals surface area contributed by atoms with Crippen LogP contribution in [-0.4, -0.2) is 24.1 Å². The van der Waals surface area contributed by atoms with Crippen LogP contribution in [0.1, 0.15) is 105 Å². The van der Waals surface area contributed by atoms with E-state index in [9.17, 15) is 9.59 Å². The molecule has 7 rings (SSSR count). The van der Waals surface area contributed by atoms with Crippen molar-refractivity contribution in [2.75, 3.05) is 0 Å². The van der Waals surface area contributed by atoms with Crippen molar-refractivity contribution in [3.63, 3.8) is 0 Å². The highest BCUT2D eigenvalue weighted by Gasteiger charge is 2.53. The number of esters is 2. The van der Waals surface area contributed by atoms with Crippen LogP contribution >= 0.6 is 0 Å². The Balaban J connectivity index is 1.37. The Morgan fingerprint density at radius 3 is 1.29 bits per heavy atom. The van der Waals surface area contributed by atoms with Crippen LogP contribution in [-0.2, 0) is 22.3 Å². The number of benzene rings is 4. The maximum Gasteiger partial charge on any atom is 0.338 e. The lowest BCUT2D eigenvalue weighted by Crippen LogP contribution is -2.51. The Hall–Kier alpha value is -4.18. The van der Waals surface area contributed by atoms with Gasteiger partial charge in [0.1, 0.15) is 0 Å². The third-order valence-corrected chi connectivity index (χ3v) is 8.76. The van der Waals surface area contributed by atoms with Gasteiger partial charge in [0, 0.05) is 0 Å². The third kappa shape index (κ3) is 5.38. The first-order chi connectivity index (χ1) is 20.6. The van der Waals surface area contributed by atoms with Crippen molar-refractivity contribution in [1.29, 1.82) is 0 Å². The van der Waals surface area contributed by atoms with Crippen molar-refractivity contribution < 1.29 is 19.1 Å². The van der Waals surface area contributed by atoms with E-state index in [0.29, 0.717) is 11.1 Å². The van der Waals surface area contributed by atoms with Gasteiger partial charge in [0.25, 0.3) is 0 Å². The Labute approximate surface area is 248 Å². The minimum Gasteiger partial charge on any atom is -0.454 e. The summed E-state index contributed by atoms with van der Waals surface area (Å²) in [5.41, 5.74) is 7.82. The van der Waals surface area contributed by atoms with Gasteiger partial charge in [-0.2, -0.15) is 0 Å². The first-order valence-electron chi connectivity index (χ1n) is 15.4. The molecule has 4 aromatic rings. The minimum atomic E-state index is -0.654. The molecule has 0 aromatic heterocycles. The first kappa shape index (κ1) is 28.0. The lowest BCUT2D eigenvalue weighted by molar-refractivity contribution is -0.0557. The molecule has 2 unspecified atom stereocenters. The summed E-state index contributed by atoms with van der Waals surface area (Å²) >= 11 is 0. The fourth-order valence-electron chi connectivity index (χ4n) is 6.70. The standard InChI is InChI=1S/C38H38O4/c1-3-5-13-25-15-11-17-27(23-25)37(39)41-35-33-29-19-7-9-21-31(29)34(32-22-10-8-20-30(32)33)36(35)42-38(40)28-18-12-16-26(24-28)14-6-4-2/h7-12,15-24,33-36H,3-6,13-14H2,1-2H3. The van der Waals surface area contributed by atoms with Crippen LogP contribution in [0.3, 0.4) is 0 Å². The SMILES string of the molecule is CCCCc1cccc(C(=O)OC2C3c4ccccc4C(c4ccccc43)C2OC(=O)c2cccc(CCCC)c2)c1. The number of ether oxygens (including phenoxy) is 2. The Morgan fingerprint density at radius 1 is 0.548 bits per heavy atom. The number of carbonyl (C=O) groups is 2. The quantitative estimate of drug-likeness (QED) is 0.183. The minimum absolute atomic E-state index is 0.233. The highest BCUT2D eigenvalue weighted by atomic mass is 16.6. The van der Waals surface area contributed by atoms with Gasteiger partial charge in [-0.3, -0.25) is 0 Å². The van der Waals surface area contributed by atoms with Gasteiger partial charge in [-0.05, 0) is 83.3 Å². The summed E-state index contributed by atoms with van der Waals surface area (Å²) in [7, 11) is 0. The molecule has 4 aromatic carbocycles. The van der Waals surface area contributed by atoms with E-state index in [1.54, 1.807) is 0 Å². The Kier molecular flexibility index (Phi) is 8.23. The molecule has 2 atom stereocenters. The van der Waals surface area contributed by atoms with Crippen molar-refractivity contribution in [2.24, 2.45) is 0 Å². The molecule has 0 aliphatic heterocycles. The van der Waals surface area contributed by atoms with Crippen molar-refractivity contribution in [3.8, 4) is 0 Å². The lowest BCUT2D eigenvalue weighted by Gasteiger charge is -2.49. The molecule has 0 saturated carbocycles. The number of rotatable bonds is 10. The Morgan fingerprint density at radius 2 is 0.929 bits per heavy atom. The monoisotopic (exact) mass is 558 g/mol. The van der Waals surface area contributed by atoms with Crippen molar-refractivity contribution in [2.45, 2.75) is 76.4 Å². The molecule has 214 valence electrons. The zero-order valence-corrected chi connectivity index (χ0v) is 24.4. The molecule has 0 amide bonds. The summed E-state index contributed by atoms with van der Waals surface area (Å²) in [6.45, 7) is 4.32. The van der Waals surface area contributed by atoms with Crippen molar-refractivity contribution in [3.05, 3.63) is 142 Å². The van der Waals surface area contributed by atoms with Gasteiger partial charge < -0.3 is 9.47 Å². The summed E-state index contributed by atoms with van der Waals surface area (Å²) in [6, 6.07) is 32.0. The molecule has 0 saturated heterocycles. The second kappa shape index (κ2) is 12.4. The van der Waals surface area contributed by atoms with Gasteiger partial charge in [0.05, 0.1) is 23.0 Å². The predicted molar refractivity (Wildman–Crippen MR) is 165 cm³/mol. The largest absolute Gasteiger partial charge is 0.454 e. The predicted octanol–water partition coefficient (Wildman–Crippen LogP) is 8.41. The molecule has 42 heavy (non-hydrogen) atoms. The zero-order valence-electron chi connectivity index (χ0n) is 24.4. The van der Waals surface area contributed by atoms with Gasteiger partial charge in [0.15, 0.2) is 12.2 Å². The normalized spacial score (nSPS) is 20.0. The number of hydrogen-bond donors (Lipinski definition) is 0. The van der Waals surface area contributed by atoms with Gasteiger partial charge >= 0.3 is 11.9 Å². The first-order valence-corrected chi connectivity index (χ1v) is 15.4. The van der Waals surface area contributed by atoms with Crippen LogP contribution in [0, 0.1) is 0 Å². The molecule has 0 spiro atoms. The van der Waals surface area contributed by atoms with Gasteiger partial charge in [-0.25, -0.2) is 9.59 Å². The van der Waals surface area contributed by atoms with Gasteiger partial charge in [-0.1, -0.05) is 99.5 Å². The maximum atomic E-state index is 13.7. The molecule has 2 bridgehead atoms. The lowest BCUT2D eigenvalue weighted by atomic mass is 9.61. The van der Waals surface area contributed by atoms with E-state index in [0.717, 1.165) is 71.9 Å². The molecular weight excluding hydrogens is 520 g/mol. The van der Waals surface area contributed by atoms with E-state index in [-0.39, 0.29) is 23.8 Å². The molecule has 3 aliphatic rings. The van der Waals surface area contributed by atoms with E-state index < -0.39 is 12.2 Å². The number of unbranched alkanes of at least 4 members (excludes halogenated alkanes) is 2. The molecule has 0 fully saturated rings. The average Bonchev–Trinajstić information content (AvgIpc) is 3.03. The van der Waals surface area contributed by atoms with E-state index in [1.807, 2.05) is 60.7 Å². The van der Waals surface area contributed by atoms with E-state index in [2.05, 4.69) is 50.2 Å². The third-order valence-electron chi connectivity index (χ3n) is 8.76. The van der Waals surface area contributed by atoms with Gasteiger partial charge in [0.2, 0.25) is 0 Å². The summed E-state index contributed by atoms with van der Waals surface area (Å²) in [5, 5.41) is 0. The van der Waals surface area contributed by atoms with E-state index in [1.165, 1.54) is 0 Å². The molecule has 3 aliphatic carbocycles. The van der Waals surface area contributed by atoms with Crippen molar-refractivity contribution in [1.82, 2.24) is 0 Å². The van der Waals surface area contributed by atoms with Crippen LogP contribution in [0.2, 0.25) is 0 Å². The summed E-state index contributed by atoms with van der Waals surface area (Å²) in [5.74, 6) is -1.24. The second-order valence-corrected chi connectivity index (χ2v) is 11.6. The zero-order chi connectivity index (χ0) is 29.1. The Bertz CT molecular complexity index is 1420. The summed E-state index contributed by atoms with van der Waals surface area (Å²) in [4.78, 5) is 27.4. The topological polar surface area (TPSA) is 52.6 Å². The second-order valence-electron chi connectivity index (χ2n) is 11.6. The van der Waals surface area contributed by atoms with Crippen LogP contribution < -0.4 is 0 Å². The molecular formula is C38H38O4. The van der Waals surface area contributed by atoms with Crippen LogP contribution in [0.4, 0.5) is 0 Å². The number of fused-ring (bicyclic) bond motifs is 1. The van der Waals surface area contributed by atoms with E-state index >= 15 is 0 Å². The van der Waals surface area contributed by atoms with Crippen LogP contribution in [0.25, 0.3) is 0 Å². The smallest absolute Gasteiger partial charge is 0.338 e.